The SMILES string of the molecule is C[C@@H](O)[C@H](NC(=O)c1ccc(-c2ccc(CCNC(=O)CC(C)(C)C)cc2)cc1)C(=O)NO. The Bertz CT molecular complexity index is 948. The molecule has 0 radical (unpaired) electrons. The number of rotatable bonds is 9. The lowest BCUT2D eigenvalue weighted by molar-refractivity contribution is -0.133. The van der Waals surface area contributed by atoms with Gasteiger partial charge in [-0.15, -0.1) is 0 Å². The van der Waals surface area contributed by atoms with Gasteiger partial charge in [0.1, 0.15) is 6.04 Å². The molecular formula is C25H33N3O5. The van der Waals surface area contributed by atoms with Crippen LogP contribution in [-0.4, -0.2) is 46.7 Å². The summed E-state index contributed by atoms with van der Waals surface area (Å²) in [5, 5.41) is 23.7. The van der Waals surface area contributed by atoms with Crippen molar-refractivity contribution in [2.45, 2.75) is 52.7 Å². The quantitative estimate of drug-likeness (QED) is 0.293. The van der Waals surface area contributed by atoms with E-state index in [-0.39, 0.29) is 11.3 Å². The van der Waals surface area contributed by atoms with Crippen molar-refractivity contribution >= 4 is 17.7 Å². The fraction of sp³-hybridized carbons (Fsp3) is 0.400. The van der Waals surface area contributed by atoms with Crippen molar-refractivity contribution in [3.63, 3.8) is 0 Å². The summed E-state index contributed by atoms with van der Waals surface area (Å²) in [4.78, 5) is 35.9. The molecule has 0 aliphatic heterocycles. The van der Waals surface area contributed by atoms with Crippen molar-refractivity contribution in [2.24, 2.45) is 5.41 Å². The third kappa shape index (κ3) is 8.32. The average Bonchev–Trinajstić information content (AvgIpc) is 2.76. The van der Waals surface area contributed by atoms with E-state index in [2.05, 4.69) is 10.6 Å². The van der Waals surface area contributed by atoms with Gasteiger partial charge in [0.2, 0.25) is 5.91 Å². The van der Waals surface area contributed by atoms with Crippen LogP contribution in [0.5, 0.6) is 0 Å². The molecule has 0 bridgehead atoms. The highest BCUT2D eigenvalue weighted by Gasteiger charge is 2.25. The molecule has 33 heavy (non-hydrogen) atoms. The smallest absolute Gasteiger partial charge is 0.268 e. The normalized spacial score (nSPS) is 13.0. The zero-order chi connectivity index (χ0) is 24.6. The van der Waals surface area contributed by atoms with Crippen LogP contribution in [0.3, 0.4) is 0 Å². The molecule has 178 valence electrons. The minimum Gasteiger partial charge on any atom is -0.391 e. The first-order valence-corrected chi connectivity index (χ1v) is 10.9. The Morgan fingerprint density at radius 1 is 0.939 bits per heavy atom. The summed E-state index contributed by atoms with van der Waals surface area (Å²) >= 11 is 0. The Morgan fingerprint density at radius 2 is 1.48 bits per heavy atom. The van der Waals surface area contributed by atoms with E-state index in [0.717, 1.165) is 23.1 Å². The van der Waals surface area contributed by atoms with Gasteiger partial charge in [-0.25, -0.2) is 5.48 Å². The van der Waals surface area contributed by atoms with Gasteiger partial charge in [-0.1, -0.05) is 57.2 Å². The van der Waals surface area contributed by atoms with Gasteiger partial charge in [-0.2, -0.15) is 0 Å². The Kier molecular flexibility index (Phi) is 9.13. The number of hydrogen-bond acceptors (Lipinski definition) is 5. The first-order valence-electron chi connectivity index (χ1n) is 10.9. The Balaban J connectivity index is 1.94. The van der Waals surface area contributed by atoms with Crippen LogP contribution < -0.4 is 16.1 Å². The lowest BCUT2D eigenvalue weighted by Crippen LogP contribution is -2.51. The van der Waals surface area contributed by atoms with Crippen LogP contribution in [0, 0.1) is 5.41 Å². The largest absolute Gasteiger partial charge is 0.391 e. The summed E-state index contributed by atoms with van der Waals surface area (Å²) in [5.41, 5.74) is 4.71. The minimum absolute atomic E-state index is 0.0328. The molecule has 8 heteroatoms. The topological polar surface area (TPSA) is 128 Å². The van der Waals surface area contributed by atoms with Gasteiger partial charge in [-0.05, 0) is 47.6 Å². The highest BCUT2D eigenvalue weighted by atomic mass is 16.5. The molecule has 0 saturated heterocycles. The van der Waals surface area contributed by atoms with E-state index in [0.29, 0.717) is 18.5 Å². The maximum absolute atomic E-state index is 12.4. The van der Waals surface area contributed by atoms with Gasteiger partial charge in [0, 0.05) is 18.5 Å². The van der Waals surface area contributed by atoms with Crippen LogP contribution in [0.2, 0.25) is 0 Å². The zero-order valence-electron chi connectivity index (χ0n) is 19.5. The number of amides is 3. The first-order chi connectivity index (χ1) is 15.5. The first kappa shape index (κ1) is 26.0. The number of carbonyl (C=O) groups excluding carboxylic acids is 3. The third-order valence-corrected chi connectivity index (χ3v) is 5.02. The van der Waals surface area contributed by atoms with Crippen molar-refractivity contribution in [1.82, 2.24) is 16.1 Å². The standard InChI is InChI=1S/C25H33N3O5/c1-16(29)22(24(32)28-33)27-23(31)20-11-9-19(10-12-20)18-7-5-17(6-8-18)13-14-26-21(30)15-25(2,3)4/h5-12,16,22,29,33H,13-15H2,1-4H3,(H,26,30)(H,27,31)(H,28,32)/t16-,22+/m1/s1. The molecule has 0 aliphatic rings. The molecule has 0 unspecified atom stereocenters. The molecule has 0 spiro atoms. The van der Waals surface area contributed by atoms with E-state index in [1.165, 1.54) is 12.4 Å². The molecule has 8 nitrogen and oxygen atoms in total. The van der Waals surface area contributed by atoms with Crippen LogP contribution in [-0.2, 0) is 16.0 Å². The van der Waals surface area contributed by atoms with E-state index in [1.54, 1.807) is 24.3 Å². The molecule has 2 aromatic carbocycles. The highest BCUT2D eigenvalue weighted by molar-refractivity contribution is 5.97. The lowest BCUT2D eigenvalue weighted by atomic mass is 9.92. The Morgan fingerprint density at radius 3 is 1.97 bits per heavy atom. The van der Waals surface area contributed by atoms with E-state index in [1.807, 2.05) is 45.0 Å². The van der Waals surface area contributed by atoms with Crippen LogP contribution in [0.25, 0.3) is 11.1 Å². The summed E-state index contributed by atoms with van der Waals surface area (Å²) in [5.74, 6) is -1.39. The van der Waals surface area contributed by atoms with Crippen LogP contribution >= 0.6 is 0 Å². The molecule has 0 fully saturated rings. The van der Waals surface area contributed by atoms with E-state index >= 15 is 0 Å². The zero-order valence-corrected chi connectivity index (χ0v) is 19.5. The maximum Gasteiger partial charge on any atom is 0.268 e. The second-order valence-corrected chi connectivity index (χ2v) is 9.28. The molecule has 3 amide bonds. The molecule has 0 heterocycles. The number of hydrogen-bond donors (Lipinski definition) is 5. The number of aliphatic hydroxyl groups is 1. The number of nitrogens with one attached hydrogen (secondary N) is 3. The second kappa shape index (κ2) is 11.6. The number of aliphatic hydroxyl groups excluding tert-OH is 1. The monoisotopic (exact) mass is 455 g/mol. The van der Waals surface area contributed by atoms with Gasteiger partial charge >= 0.3 is 0 Å². The molecule has 2 atom stereocenters. The number of carbonyl (C=O) groups is 3. The molecule has 2 rings (SSSR count). The molecule has 0 aliphatic carbocycles. The predicted octanol–water partition coefficient (Wildman–Crippen LogP) is 2.43. The summed E-state index contributed by atoms with van der Waals surface area (Å²) in [6, 6.07) is 13.5. The summed E-state index contributed by atoms with van der Waals surface area (Å²) in [6.07, 6.45) is 0.0563. The van der Waals surface area contributed by atoms with Crippen molar-refractivity contribution in [1.29, 1.82) is 0 Å². The fourth-order valence-corrected chi connectivity index (χ4v) is 3.27. The average molecular weight is 456 g/mol. The van der Waals surface area contributed by atoms with Crippen molar-refractivity contribution in [3.8, 4) is 11.1 Å². The Hall–Kier alpha value is -3.23. The summed E-state index contributed by atoms with van der Waals surface area (Å²) < 4.78 is 0. The van der Waals surface area contributed by atoms with Crippen molar-refractivity contribution in [2.75, 3.05) is 6.54 Å². The van der Waals surface area contributed by atoms with Gasteiger partial charge in [0.05, 0.1) is 6.10 Å². The van der Waals surface area contributed by atoms with Crippen molar-refractivity contribution < 1.29 is 24.7 Å². The second-order valence-electron chi connectivity index (χ2n) is 9.28. The molecule has 2 aromatic rings. The predicted molar refractivity (Wildman–Crippen MR) is 126 cm³/mol. The highest BCUT2D eigenvalue weighted by Crippen LogP contribution is 2.21. The minimum atomic E-state index is -1.27. The summed E-state index contributed by atoms with van der Waals surface area (Å²) in [6.45, 7) is 8.03. The molecule has 0 saturated carbocycles. The van der Waals surface area contributed by atoms with Gasteiger partial charge in [-0.3, -0.25) is 19.6 Å². The fourth-order valence-electron chi connectivity index (χ4n) is 3.27. The van der Waals surface area contributed by atoms with E-state index < -0.39 is 24.0 Å². The van der Waals surface area contributed by atoms with E-state index in [4.69, 9.17) is 5.21 Å². The third-order valence-electron chi connectivity index (χ3n) is 5.02. The lowest BCUT2D eigenvalue weighted by Gasteiger charge is -2.19. The van der Waals surface area contributed by atoms with Crippen LogP contribution in [0.15, 0.2) is 48.5 Å². The van der Waals surface area contributed by atoms with Gasteiger partial charge in [0.25, 0.3) is 11.8 Å². The van der Waals surface area contributed by atoms with Crippen LogP contribution in [0.1, 0.15) is 50.0 Å². The number of hydroxylamine groups is 1. The summed E-state index contributed by atoms with van der Waals surface area (Å²) in [7, 11) is 0. The molecule has 0 aromatic heterocycles. The molecule has 5 N–H and O–H groups in total. The molecular weight excluding hydrogens is 422 g/mol. The van der Waals surface area contributed by atoms with Gasteiger partial charge in [0.15, 0.2) is 0 Å². The van der Waals surface area contributed by atoms with Gasteiger partial charge < -0.3 is 15.7 Å². The number of benzene rings is 2. The van der Waals surface area contributed by atoms with E-state index in [9.17, 15) is 19.5 Å². The Labute approximate surface area is 194 Å². The van der Waals surface area contributed by atoms with Crippen LogP contribution in [0.4, 0.5) is 0 Å². The maximum atomic E-state index is 12.4. The van der Waals surface area contributed by atoms with Crippen molar-refractivity contribution in [3.05, 3.63) is 59.7 Å².